The first kappa shape index (κ1) is 19.9. The van der Waals surface area contributed by atoms with Crippen LogP contribution in [0.15, 0.2) is 72.0 Å². The zero-order valence-electron chi connectivity index (χ0n) is 16.7. The van der Waals surface area contributed by atoms with Crippen molar-refractivity contribution >= 4 is 21.8 Å². The summed E-state index contributed by atoms with van der Waals surface area (Å²) in [4.78, 5) is 25.7. The molecule has 0 aliphatic heterocycles. The van der Waals surface area contributed by atoms with Gasteiger partial charge in [0.25, 0.3) is 5.56 Å². The second-order valence-electron chi connectivity index (χ2n) is 7.24. The topological polar surface area (TPSA) is 80.9 Å². The number of rotatable bonds is 4. The van der Waals surface area contributed by atoms with Crippen molar-refractivity contribution < 1.29 is 13.9 Å². The normalized spacial score (nSPS) is 11.3. The predicted molar refractivity (Wildman–Crippen MR) is 117 cm³/mol. The molecule has 4 heterocycles. The number of aromatic nitrogens is 4. The Morgan fingerprint density at radius 1 is 0.938 bits per heavy atom. The van der Waals surface area contributed by atoms with Crippen molar-refractivity contribution in [3.8, 4) is 22.4 Å². The quantitative estimate of drug-likeness (QED) is 0.467. The molecule has 158 valence electrons. The average Bonchev–Trinajstić information content (AvgIpc) is 2.82. The third-order valence-corrected chi connectivity index (χ3v) is 5.31. The molecule has 8 heteroatoms. The number of benzene rings is 1. The van der Waals surface area contributed by atoms with Gasteiger partial charge in [-0.2, -0.15) is 0 Å². The van der Waals surface area contributed by atoms with E-state index in [0.717, 1.165) is 18.2 Å². The predicted octanol–water partition coefficient (Wildman–Crippen LogP) is 3.94. The Balaban J connectivity index is 1.89. The molecular formula is C24H16F2N4O2. The fourth-order valence-electron chi connectivity index (χ4n) is 3.84. The van der Waals surface area contributed by atoms with Crippen LogP contribution in [0, 0.1) is 11.6 Å². The Morgan fingerprint density at radius 3 is 2.66 bits per heavy atom. The lowest BCUT2D eigenvalue weighted by atomic mass is 9.97. The van der Waals surface area contributed by atoms with Crippen LogP contribution in [-0.2, 0) is 6.54 Å². The molecule has 0 spiro atoms. The van der Waals surface area contributed by atoms with Gasteiger partial charge in [0.05, 0.1) is 17.7 Å². The average molecular weight is 430 g/mol. The van der Waals surface area contributed by atoms with Crippen molar-refractivity contribution in [1.29, 1.82) is 0 Å². The van der Waals surface area contributed by atoms with Gasteiger partial charge in [0.1, 0.15) is 11.6 Å². The van der Waals surface area contributed by atoms with Crippen molar-refractivity contribution in [1.82, 2.24) is 19.5 Å². The van der Waals surface area contributed by atoms with Crippen molar-refractivity contribution in [2.45, 2.75) is 6.54 Å². The molecule has 1 N–H and O–H groups in total. The first-order chi connectivity index (χ1) is 15.6. The molecule has 5 aromatic rings. The highest BCUT2D eigenvalue weighted by Crippen LogP contribution is 2.35. The van der Waals surface area contributed by atoms with Gasteiger partial charge in [-0.05, 0) is 53.4 Å². The number of aliphatic hydroxyl groups excluding tert-OH is 1. The highest BCUT2D eigenvalue weighted by molar-refractivity contribution is 6.04. The van der Waals surface area contributed by atoms with Crippen LogP contribution >= 0.6 is 0 Å². The van der Waals surface area contributed by atoms with Crippen LogP contribution < -0.4 is 5.56 Å². The Labute approximate surface area is 180 Å². The largest absolute Gasteiger partial charge is 0.395 e. The van der Waals surface area contributed by atoms with Gasteiger partial charge in [-0.1, -0.05) is 0 Å². The SMILES string of the molecule is O=c1c2cnccc2c(-c2cc(-c3cc(F)ccc3F)nc3ncccc23)cn1CCO. The maximum absolute atomic E-state index is 14.6. The number of fused-ring (bicyclic) bond motifs is 2. The lowest BCUT2D eigenvalue weighted by Crippen LogP contribution is -2.22. The molecule has 1 aromatic carbocycles. The fourth-order valence-corrected chi connectivity index (χ4v) is 3.84. The Morgan fingerprint density at radius 2 is 1.81 bits per heavy atom. The lowest BCUT2D eigenvalue weighted by Gasteiger charge is -2.15. The molecule has 0 radical (unpaired) electrons. The van der Waals surface area contributed by atoms with Gasteiger partial charge in [-0.3, -0.25) is 9.78 Å². The maximum Gasteiger partial charge on any atom is 0.260 e. The summed E-state index contributed by atoms with van der Waals surface area (Å²) in [6.45, 7) is -0.118. The van der Waals surface area contributed by atoms with E-state index in [2.05, 4.69) is 15.0 Å². The van der Waals surface area contributed by atoms with Crippen LogP contribution in [0.3, 0.4) is 0 Å². The van der Waals surface area contributed by atoms with Gasteiger partial charge in [0.2, 0.25) is 0 Å². The molecule has 0 bridgehead atoms. The smallest absolute Gasteiger partial charge is 0.260 e. The molecule has 32 heavy (non-hydrogen) atoms. The number of hydrogen-bond donors (Lipinski definition) is 1. The molecule has 0 saturated carbocycles. The summed E-state index contributed by atoms with van der Waals surface area (Å²) in [5.74, 6) is -1.20. The van der Waals surface area contributed by atoms with Gasteiger partial charge in [0, 0.05) is 47.8 Å². The van der Waals surface area contributed by atoms with Gasteiger partial charge in [-0.15, -0.1) is 0 Å². The van der Waals surface area contributed by atoms with E-state index in [1.165, 1.54) is 10.8 Å². The minimum atomic E-state index is -0.612. The molecular weight excluding hydrogens is 414 g/mol. The Hall–Kier alpha value is -4.04. The summed E-state index contributed by atoms with van der Waals surface area (Å²) < 4.78 is 29.8. The monoisotopic (exact) mass is 430 g/mol. The molecule has 0 fully saturated rings. The maximum atomic E-state index is 14.6. The number of hydrogen-bond acceptors (Lipinski definition) is 5. The Kier molecular flexibility index (Phi) is 4.91. The zero-order valence-corrected chi connectivity index (χ0v) is 16.7. The van der Waals surface area contributed by atoms with E-state index in [1.807, 2.05) is 6.07 Å². The van der Waals surface area contributed by atoms with Gasteiger partial charge < -0.3 is 9.67 Å². The van der Waals surface area contributed by atoms with Gasteiger partial charge in [0.15, 0.2) is 5.65 Å². The molecule has 0 aliphatic carbocycles. The molecule has 5 rings (SSSR count). The van der Waals surface area contributed by atoms with E-state index in [4.69, 9.17) is 0 Å². The van der Waals surface area contributed by atoms with Crippen LogP contribution in [0.2, 0.25) is 0 Å². The summed E-state index contributed by atoms with van der Waals surface area (Å²) >= 11 is 0. The minimum absolute atomic E-state index is 0.00783. The van der Waals surface area contributed by atoms with Gasteiger partial charge in [-0.25, -0.2) is 18.7 Å². The molecule has 0 aliphatic rings. The van der Waals surface area contributed by atoms with Crippen LogP contribution in [0.25, 0.3) is 44.2 Å². The van der Waals surface area contributed by atoms with Crippen LogP contribution in [-0.4, -0.2) is 31.2 Å². The molecule has 0 amide bonds. The first-order valence-corrected chi connectivity index (χ1v) is 9.86. The van der Waals surface area contributed by atoms with Gasteiger partial charge >= 0.3 is 0 Å². The summed E-state index contributed by atoms with van der Waals surface area (Å²) in [5, 5.41) is 11.1. The van der Waals surface area contributed by atoms with Crippen molar-refractivity contribution in [3.05, 3.63) is 89.2 Å². The van der Waals surface area contributed by atoms with Crippen molar-refractivity contribution in [3.63, 3.8) is 0 Å². The highest BCUT2D eigenvalue weighted by atomic mass is 19.1. The third-order valence-electron chi connectivity index (χ3n) is 5.31. The second-order valence-corrected chi connectivity index (χ2v) is 7.24. The lowest BCUT2D eigenvalue weighted by molar-refractivity contribution is 0.274. The number of pyridine rings is 4. The number of nitrogens with zero attached hydrogens (tertiary/aromatic N) is 4. The third kappa shape index (κ3) is 3.30. The van der Waals surface area contributed by atoms with E-state index in [9.17, 15) is 18.7 Å². The molecule has 6 nitrogen and oxygen atoms in total. The van der Waals surface area contributed by atoms with Crippen molar-refractivity contribution in [2.75, 3.05) is 6.61 Å². The van der Waals surface area contributed by atoms with Crippen LogP contribution in [0.5, 0.6) is 0 Å². The molecule has 0 saturated heterocycles. The minimum Gasteiger partial charge on any atom is -0.395 e. The van der Waals surface area contributed by atoms with E-state index in [1.54, 1.807) is 36.8 Å². The van der Waals surface area contributed by atoms with E-state index in [0.29, 0.717) is 32.9 Å². The van der Waals surface area contributed by atoms with Crippen LogP contribution in [0.1, 0.15) is 0 Å². The fraction of sp³-hybridized carbons (Fsp3) is 0.0833. The standard InChI is InChI=1S/C24H16F2N4O2/c25-14-3-4-21(26)18(10-14)22-11-17(16-2-1-6-28-23(16)29-22)20-13-30(8-9-31)24(32)19-12-27-7-5-15(19)20/h1-7,10-13,31H,8-9H2. The summed E-state index contributed by atoms with van der Waals surface area (Å²) in [5.41, 5.74) is 1.60. The zero-order chi connectivity index (χ0) is 22.2. The summed E-state index contributed by atoms with van der Waals surface area (Å²) in [7, 11) is 0. The first-order valence-electron chi connectivity index (χ1n) is 9.86. The molecule has 4 aromatic heterocycles. The molecule has 0 atom stereocenters. The molecule has 0 unspecified atom stereocenters. The Bertz CT molecular complexity index is 1550. The van der Waals surface area contributed by atoms with E-state index in [-0.39, 0.29) is 30.0 Å². The summed E-state index contributed by atoms with van der Waals surface area (Å²) in [6.07, 6.45) is 6.27. The van der Waals surface area contributed by atoms with Crippen LogP contribution in [0.4, 0.5) is 8.78 Å². The highest BCUT2D eigenvalue weighted by Gasteiger charge is 2.17. The van der Waals surface area contributed by atoms with E-state index >= 15 is 0 Å². The number of halogens is 2. The summed E-state index contributed by atoms with van der Waals surface area (Å²) in [6, 6.07) is 10.1. The van der Waals surface area contributed by atoms with E-state index < -0.39 is 11.6 Å². The second kappa shape index (κ2) is 7.90. The van der Waals surface area contributed by atoms with Crippen molar-refractivity contribution in [2.24, 2.45) is 0 Å². The number of aliphatic hydroxyl groups is 1.